The first kappa shape index (κ1) is 17.7. The molecule has 25 heavy (non-hydrogen) atoms. The molecule has 132 valence electrons. The number of benzene rings is 1. The number of thiophene rings is 1. The Labute approximate surface area is 152 Å². The summed E-state index contributed by atoms with van der Waals surface area (Å²) in [6, 6.07) is 9.79. The van der Waals surface area contributed by atoms with Crippen LogP contribution in [0.3, 0.4) is 0 Å². The van der Waals surface area contributed by atoms with E-state index in [2.05, 4.69) is 11.4 Å². The van der Waals surface area contributed by atoms with Gasteiger partial charge in [-0.1, -0.05) is 32.9 Å². The largest absolute Gasteiger partial charge is 0.333 e. The molecule has 2 aromatic rings. The number of amides is 2. The van der Waals surface area contributed by atoms with Crippen LogP contribution < -0.4 is 5.32 Å². The number of hydrogen-bond donors (Lipinski definition) is 1. The van der Waals surface area contributed by atoms with Crippen LogP contribution in [0.15, 0.2) is 35.7 Å². The maximum Gasteiger partial charge on any atom is 0.264 e. The Morgan fingerprint density at radius 1 is 1.20 bits per heavy atom. The molecule has 0 bridgehead atoms. The van der Waals surface area contributed by atoms with E-state index in [4.69, 9.17) is 0 Å². The van der Waals surface area contributed by atoms with Crippen molar-refractivity contribution in [1.82, 2.24) is 4.90 Å². The van der Waals surface area contributed by atoms with E-state index in [1.165, 1.54) is 16.9 Å². The van der Waals surface area contributed by atoms with Gasteiger partial charge in [0.15, 0.2) is 0 Å². The molecular weight excluding hydrogens is 332 g/mol. The lowest BCUT2D eigenvalue weighted by atomic mass is 9.92. The van der Waals surface area contributed by atoms with Gasteiger partial charge in [0.25, 0.3) is 5.91 Å². The minimum atomic E-state index is -0.0395. The number of carbonyl (C=O) groups excluding carboxylic acids is 2. The van der Waals surface area contributed by atoms with Crippen LogP contribution in [0.1, 0.15) is 48.0 Å². The van der Waals surface area contributed by atoms with Crippen LogP contribution in [-0.2, 0) is 17.8 Å². The van der Waals surface area contributed by atoms with Gasteiger partial charge < -0.3 is 10.2 Å². The highest BCUT2D eigenvalue weighted by Crippen LogP contribution is 2.26. The van der Waals surface area contributed by atoms with Crippen LogP contribution >= 0.6 is 11.3 Å². The maximum atomic E-state index is 12.6. The second-order valence-corrected chi connectivity index (χ2v) is 8.67. The number of carbonyl (C=O) groups is 2. The Morgan fingerprint density at radius 3 is 2.68 bits per heavy atom. The molecule has 1 aromatic heterocycles. The molecule has 0 radical (unpaired) electrons. The lowest BCUT2D eigenvalue weighted by Gasteiger charge is -2.29. The first-order chi connectivity index (χ1) is 11.8. The van der Waals surface area contributed by atoms with Crippen molar-refractivity contribution < 1.29 is 9.59 Å². The molecule has 1 aliphatic heterocycles. The monoisotopic (exact) mass is 356 g/mol. The highest BCUT2D eigenvalue weighted by molar-refractivity contribution is 7.12. The van der Waals surface area contributed by atoms with Gasteiger partial charge in [-0.3, -0.25) is 9.59 Å². The number of nitrogens with zero attached hydrogens (tertiary/aromatic N) is 1. The molecule has 0 spiro atoms. The molecule has 1 aromatic carbocycles. The summed E-state index contributed by atoms with van der Waals surface area (Å²) < 4.78 is 0. The average molecular weight is 356 g/mol. The van der Waals surface area contributed by atoms with Crippen molar-refractivity contribution in [3.63, 3.8) is 0 Å². The van der Waals surface area contributed by atoms with E-state index >= 15 is 0 Å². The lowest BCUT2D eigenvalue weighted by molar-refractivity contribution is -0.117. The topological polar surface area (TPSA) is 49.4 Å². The van der Waals surface area contributed by atoms with Crippen LogP contribution in [0.5, 0.6) is 0 Å². The summed E-state index contributed by atoms with van der Waals surface area (Å²) in [4.78, 5) is 27.4. The average Bonchev–Trinajstić information content (AvgIpc) is 3.06. The molecule has 2 amide bonds. The third-order valence-electron chi connectivity index (χ3n) is 4.21. The summed E-state index contributed by atoms with van der Waals surface area (Å²) in [5, 5.41) is 4.90. The smallest absolute Gasteiger partial charge is 0.264 e. The van der Waals surface area contributed by atoms with Crippen LogP contribution in [0.25, 0.3) is 0 Å². The van der Waals surface area contributed by atoms with Gasteiger partial charge in [0.05, 0.1) is 4.88 Å². The van der Waals surface area contributed by atoms with E-state index in [9.17, 15) is 9.59 Å². The van der Waals surface area contributed by atoms with E-state index in [-0.39, 0.29) is 17.2 Å². The lowest BCUT2D eigenvalue weighted by Crippen LogP contribution is -2.35. The third kappa shape index (κ3) is 4.48. The van der Waals surface area contributed by atoms with Gasteiger partial charge in [-0.2, -0.15) is 0 Å². The van der Waals surface area contributed by atoms with E-state index in [0.29, 0.717) is 13.0 Å². The van der Waals surface area contributed by atoms with Crippen LogP contribution in [0, 0.1) is 5.41 Å². The fourth-order valence-corrected chi connectivity index (χ4v) is 3.74. The summed E-state index contributed by atoms with van der Waals surface area (Å²) in [5.41, 5.74) is 3.13. The summed E-state index contributed by atoms with van der Waals surface area (Å²) in [6.45, 7) is 7.48. The van der Waals surface area contributed by atoms with Gasteiger partial charge in [-0.25, -0.2) is 0 Å². The van der Waals surface area contributed by atoms with Crippen molar-refractivity contribution in [3.05, 3.63) is 51.7 Å². The molecule has 3 rings (SSSR count). The Hall–Kier alpha value is -2.14. The number of anilines is 1. The number of nitrogens with one attached hydrogen (secondary N) is 1. The van der Waals surface area contributed by atoms with E-state index in [1.54, 1.807) is 0 Å². The van der Waals surface area contributed by atoms with Gasteiger partial charge in [0.1, 0.15) is 0 Å². The van der Waals surface area contributed by atoms with Crippen molar-refractivity contribution in [1.29, 1.82) is 0 Å². The number of rotatable bonds is 3. The Kier molecular flexibility index (Phi) is 4.95. The molecule has 0 unspecified atom stereocenters. The molecule has 0 saturated carbocycles. The molecule has 0 saturated heterocycles. The quantitative estimate of drug-likeness (QED) is 0.890. The molecule has 0 aliphatic carbocycles. The summed E-state index contributed by atoms with van der Waals surface area (Å²) in [7, 11) is 0. The van der Waals surface area contributed by atoms with Crippen LogP contribution in [0.2, 0.25) is 0 Å². The van der Waals surface area contributed by atoms with Gasteiger partial charge >= 0.3 is 0 Å². The predicted octanol–water partition coefficient (Wildman–Crippen LogP) is 4.32. The maximum absolute atomic E-state index is 12.6. The summed E-state index contributed by atoms with van der Waals surface area (Å²) in [6.07, 6.45) is 1.33. The number of fused-ring (bicyclic) bond motifs is 1. The second-order valence-electron chi connectivity index (χ2n) is 7.72. The fraction of sp³-hybridized carbons (Fsp3) is 0.400. The summed E-state index contributed by atoms with van der Waals surface area (Å²) >= 11 is 1.47. The molecule has 2 heterocycles. The molecule has 0 fully saturated rings. The van der Waals surface area contributed by atoms with E-state index in [0.717, 1.165) is 29.1 Å². The van der Waals surface area contributed by atoms with Crippen molar-refractivity contribution in [3.8, 4) is 0 Å². The zero-order valence-electron chi connectivity index (χ0n) is 15.0. The third-order valence-corrected chi connectivity index (χ3v) is 5.07. The predicted molar refractivity (Wildman–Crippen MR) is 102 cm³/mol. The molecule has 1 aliphatic rings. The zero-order chi connectivity index (χ0) is 18.0. The first-order valence-electron chi connectivity index (χ1n) is 8.56. The van der Waals surface area contributed by atoms with Crippen molar-refractivity contribution in [2.24, 2.45) is 5.41 Å². The minimum Gasteiger partial charge on any atom is -0.333 e. The normalized spacial score (nSPS) is 14.1. The molecular formula is C20H24N2O2S. The fourth-order valence-electron chi connectivity index (χ4n) is 3.05. The van der Waals surface area contributed by atoms with Crippen LogP contribution in [-0.4, -0.2) is 23.3 Å². The molecule has 1 N–H and O–H groups in total. The molecule has 4 nitrogen and oxygen atoms in total. The van der Waals surface area contributed by atoms with E-state index < -0.39 is 0 Å². The van der Waals surface area contributed by atoms with Gasteiger partial charge in [-0.05, 0) is 46.5 Å². The highest BCUT2D eigenvalue weighted by Gasteiger charge is 2.23. The first-order valence-corrected chi connectivity index (χ1v) is 9.44. The Bertz CT molecular complexity index is 775. The molecule has 5 heteroatoms. The van der Waals surface area contributed by atoms with Crippen molar-refractivity contribution in [2.75, 3.05) is 11.9 Å². The van der Waals surface area contributed by atoms with Crippen molar-refractivity contribution in [2.45, 2.75) is 40.2 Å². The number of hydrogen-bond acceptors (Lipinski definition) is 3. The molecule has 0 atom stereocenters. The standard InChI is InChI=1S/C20H24N2O2S/c1-20(2,3)12-18(23)21-16-7-6-14-8-9-22(13-15(14)11-16)19(24)17-5-4-10-25-17/h4-7,10-11H,8-9,12-13H2,1-3H3,(H,21,23). The van der Waals surface area contributed by atoms with Gasteiger partial charge in [-0.15, -0.1) is 11.3 Å². The van der Waals surface area contributed by atoms with Crippen molar-refractivity contribution >= 4 is 28.8 Å². The van der Waals surface area contributed by atoms with Gasteiger partial charge in [0, 0.05) is 25.2 Å². The Balaban J connectivity index is 1.71. The SMILES string of the molecule is CC(C)(C)CC(=O)Nc1ccc2c(c1)CN(C(=O)c1cccs1)CC2. The minimum absolute atomic E-state index is 0.0229. The zero-order valence-corrected chi connectivity index (χ0v) is 15.8. The summed E-state index contributed by atoms with van der Waals surface area (Å²) in [5.74, 6) is 0.109. The second kappa shape index (κ2) is 7.00. The van der Waals surface area contributed by atoms with E-state index in [1.807, 2.05) is 55.3 Å². The Morgan fingerprint density at radius 2 is 2.00 bits per heavy atom. The van der Waals surface area contributed by atoms with Crippen LogP contribution in [0.4, 0.5) is 5.69 Å². The highest BCUT2D eigenvalue weighted by atomic mass is 32.1. The van der Waals surface area contributed by atoms with Gasteiger partial charge in [0.2, 0.25) is 5.91 Å².